The monoisotopic (exact) mass is 628 g/mol. The predicted octanol–water partition coefficient (Wildman–Crippen LogP) is 4.07. The van der Waals surface area contributed by atoms with E-state index in [0.29, 0.717) is 16.9 Å². The summed E-state index contributed by atoms with van der Waals surface area (Å²) in [6.07, 6.45) is -2.65. The molecule has 2 atom stereocenters. The second-order valence-corrected chi connectivity index (χ2v) is 12.6. The Bertz CT molecular complexity index is 1610. The predicted molar refractivity (Wildman–Crippen MR) is 155 cm³/mol. The van der Waals surface area contributed by atoms with Crippen molar-refractivity contribution in [1.82, 2.24) is 9.62 Å². The normalized spacial score (nSPS) is 15.8. The topological polar surface area (TPSA) is 149 Å². The number of alkyl carbamates (subject to hydrolysis) is 1. The molecule has 1 aliphatic rings. The van der Waals surface area contributed by atoms with Crippen LogP contribution in [-0.4, -0.2) is 61.3 Å². The molecule has 11 nitrogen and oxygen atoms in total. The van der Waals surface area contributed by atoms with E-state index in [1.807, 2.05) is 6.07 Å². The van der Waals surface area contributed by atoms with E-state index < -0.39 is 57.7 Å². The van der Waals surface area contributed by atoms with Crippen LogP contribution in [0.2, 0.25) is 0 Å². The van der Waals surface area contributed by atoms with Crippen LogP contribution >= 0.6 is 0 Å². The van der Waals surface area contributed by atoms with Crippen molar-refractivity contribution in [3.05, 3.63) is 95.8 Å². The van der Waals surface area contributed by atoms with Gasteiger partial charge in [0.25, 0.3) is 0 Å². The fourth-order valence-electron chi connectivity index (χ4n) is 4.55. The van der Waals surface area contributed by atoms with Crippen molar-refractivity contribution in [2.24, 2.45) is 5.92 Å². The van der Waals surface area contributed by atoms with Crippen LogP contribution in [-0.2, 0) is 41.1 Å². The first kappa shape index (κ1) is 32.4. The number of carbonyl (C=O) groups is 3. The minimum Gasteiger partial charge on any atom is -0.480 e. The fraction of sp³-hybridized carbons (Fsp3) is 0.323. The van der Waals surface area contributed by atoms with Gasteiger partial charge < -0.3 is 24.6 Å². The van der Waals surface area contributed by atoms with E-state index in [1.54, 1.807) is 44.2 Å². The van der Waals surface area contributed by atoms with Crippen LogP contribution in [0.15, 0.2) is 83.8 Å². The first-order valence-electron chi connectivity index (χ1n) is 13.8. The van der Waals surface area contributed by atoms with Gasteiger partial charge in [-0.1, -0.05) is 56.3 Å². The second-order valence-electron chi connectivity index (χ2n) is 10.6. The van der Waals surface area contributed by atoms with Crippen molar-refractivity contribution in [3.8, 4) is 5.75 Å². The van der Waals surface area contributed by atoms with Crippen molar-refractivity contribution >= 4 is 28.1 Å². The summed E-state index contributed by atoms with van der Waals surface area (Å²) in [4.78, 5) is 35.8. The van der Waals surface area contributed by atoms with E-state index in [0.717, 1.165) is 0 Å². The maximum absolute atomic E-state index is 14.1. The summed E-state index contributed by atoms with van der Waals surface area (Å²) in [7, 11) is -4.07. The van der Waals surface area contributed by atoms with E-state index in [4.69, 9.17) is 14.2 Å². The molecule has 13 heteroatoms. The third kappa shape index (κ3) is 7.71. The number of nitrogens with one attached hydrogen (secondary N) is 1. The fourth-order valence-corrected chi connectivity index (χ4v) is 6.16. The molecule has 0 saturated carbocycles. The Hall–Kier alpha value is -4.49. The van der Waals surface area contributed by atoms with E-state index in [-0.39, 0.29) is 24.4 Å². The molecule has 0 spiro atoms. The third-order valence-corrected chi connectivity index (χ3v) is 8.65. The van der Waals surface area contributed by atoms with Crippen molar-refractivity contribution in [2.45, 2.75) is 50.0 Å². The summed E-state index contributed by atoms with van der Waals surface area (Å²) in [5, 5.41) is 11.9. The molecule has 1 saturated heterocycles. The largest absolute Gasteiger partial charge is 0.480 e. The average molecular weight is 629 g/mol. The Kier molecular flexibility index (Phi) is 9.90. The smallest absolute Gasteiger partial charge is 0.410 e. The first-order chi connectivity index (χ1) is 20.8. The molecule has 3 aromatic rings. The molecular formula is C31H33FN2O9S. The van der Waals surface area contributed by atoms with Gasteiger partial charge in [-0.15, -0.1) is 0 Å². The molecule has 0 aliphatic carbocycles. The quantitative estimate of drug-likeness (QED) is 0.224. The number of carboxylic acid groups (broad SMARTS) is 1. The van der Waals surface area contributed by atoms with E-state index in [1.165, 1.54) is 53.7 Å². The molecular weight excluding hydrogens is 595 g/mol. The molecule has 234 valence electrons. The zero-order chi connectivity index (χ0) is 32.1. The molecule has 2 N–H and O–H groups in total. The highest BCUT2D eigenvalue weighted by molar-refractivity contribution is 7.89. The van der Waals surface area contributed by atoms with Gasteiger partial charge in [0.1, 0.15) is 17.6 Å². The summed E-state index contributed by atoms with van der Waals surface area (Å²) in [6.45, 7) is 4.33. The van der Waals surface area contributed by atoms with Gasteiger partial charge in [-0.2, -0.15) is 4.31 Å². The van der Waals surface area contributed by atoms with Gasteiger partial charge in [0.05, 0.1) is 23.9 Å². The number of ether oxygens (including phenoxy) is 3. The average Bonchev–Trinajstić information content (AvgIpc) is 2.94. The summed E-state index contributed by atoms with van der Waals surface area (Å²) in [5.74, 6) is -2.43. The van der Waals surface area contributed by atoms with Crippen LogP contribution in [0.3, 0.4) is 0 Å². The zero-order valence-corrected chi connectivity index (χ0v) is 25.1. The van der Waals surface area contributed by atoms with Crippen LogP contribution in [0.25, 0.3) is 0 Å². The lowest BCUT2D eigenvalue weighted by molar-refractivity contribution is -0.169. The number of rotatable bonds is 12. The highest BCUT2D eigenvalue weighted by Gasteiger charge is 2.52. The molecule has 1 aliphatic heterocycles. The number of para-hydroxylation sites is 1. The Labute approximate surface area is 254 Å². The number of carboxylic acids is 1. The van der Waals surface area contributed by atoms with E-state index in [9.17, 15) is 32.3 Å². The number of sulfonamides is 1. The van der Waals surface area contributed by atoms with E-state index >= 15 is 0 Å². The highest BCUT2D eigenvalue weighted by atomic mass is 32.2. The van der Waals surface area contributed by atoms with Crippen molar-refractivity contribution in [3.63, 3.8) is 0 Å². The minimum absolute atomic E-state index is 0.0940. The lowest BCUT2D eigenvalue weighted by Gasteiger charge is -2.48. The Morgan fingerprint density at radius 1 is 0.955 bits per heavy atom. The maximum Gasteiger partial charge on any atom is 0.410 e. The van der Waals surface area contributed by atoms with Crippen molar-refractivity contribution in [2.75, 3.05) is 13.1 Å². The number of halogens is 1. The number of aliphatic carboxylic acids is 1. The number of benzene rings is 3. The molecule has 3 aromatic carbocycles. The molecule has 0 bridgehead atoms. The highest BCUT2D eigenvalue weighted by Crippen LogP contribution is 2.40. The Morgan fingerprint density at radius 2 is 1.64 bits per heavy atom. The lowest BCUT2D eigenvalue weighted by Crippen LogP contribution is -2.64. The molecule has 1 heterocycles. The molecule has 1 unspecified atom stereocenters. The van der Waals surface area contributed by atoms with Crippen LogP contribution in [0.5, 0.6) is 5.75 Å². The van der Waals surface area contributed by atoms with Gasteiger partial charge in [-0.05, 0) is 42.0 Å². The zero-order valence-electron chi connectivity index (χ0n) is 24.3. The van der Waals surface area contributed by atoms with Crippen LogP contribution in [0, 0.1) is 11.7 Å². The molecule has 0 radical (unpaired) electrons. The minimum atomic E-state index is -4.07. The molecule has 0 aromatic heterocycles. The number of carbonyl (C=O) groups excluding carboxylic acids is 2. The second kappa shape index (κ2) is 13.4. The number of amides is 1. The van der Waals surface area contributed by atoms with Crippen molar-refractivity contribution in [1.29, 1.82) is 0 Å². The third-order valence-electron chi connectivity index (χ3n) is 6.86. The number of hydrogen-bond donors (Lipinski definition) is 2. The summed E-state index contributed by atoms with van der Waals surface area (Å²) < 4.78 is 58.7. The standard InChI is InChI=1S/C31H33FN2O9S/c1-20(2)29(37)41-21(3)42-30(38)33-27(28(35)36)16-22-9-7-14-26(15-22)44(39,40)34-18-31(19-34,23-10-8-11-24(32)17-23)43-25-12-5-4-6-13-25/h4-15,17,20-21,27H,16,18-19H2,1-3H3,(H,33,38)(H,35,36)/t21?,27-/m0/s1. The molecule has 1 fully saturated rings. The van der Waals surface area contributed by atoms with Gasteiger partial charge in [0.2, 0.25) is 16.3 Å². The molecule has 1 amide bonds. The van der Waals surface area contributed by atoms with E-state index in [2.05, 4.69) is 5.32 Å². The number of nitrogens with zero attached hydrogens (tertiary/aromatic N) is 1. The summed E-state index contributed by atoms with van der Waals surface area (Å²) >= 11 is 0. The number of esters is 1. The summed E-state index contributed by atoms with van der Waals surface area (Å²) in [5.41, 5.74) is -0.333. The lowest BCUT2D eigenvalue weighted by atomic mass is 9.87. The van der Waals surface area contributed by atoms with Gasteiger partial charge in [-0.3, -0.25) is 4.79 Å². The Morgan fingerprint density at radius 3 is 2.27 bits per heavy atom. The maximum atomic E-state index is 14.1. The van der Waals surface area contributed by atoms with Gasteiger partial charge in [0, 0.05) is 18.9 Å². The van der Waals surface area contributed by atoms with Crippen LogP contribution < -0.4 is 10.1 Å². The molecule has 44 heavy (non-hydrogen) atoms. The first-order valence-corrected chi connectivity index (χ1v) is 15.2. The van der Waals surface area contributed by atoms with Gasteiger partial charge in [0.15, 0.2) is 5.60 Å². The number of hydrogen-bond acceptors (Lipinski definition) is 8. The SMILES string of the molecule is CC(OC(=O)N[C@@H](Cc1cccc(S(=O)(=O)N2CC(Oc3ccccc3)(c3cccc(F)c3)C2)c1)C(=O)O)OC(=O)C(C)C. The van der Waals surface area contributed by atoms with Crippen LogP contribution in [0.1, 0.15) is 31.9 Å². The Balaban J connectivity index is 1.47. The molecule has 4 rings (SSSR count). The van der Waals surface area contributed by atoms with Gasteiger partial charge in [-0.25, -0.2) is 22.4 Å². The van der Waals surface area contributed by atoms with Crippen LogP contribution in [0.4, 0.5) is 9.18 Å². The summed E-state index contributed by atoms with van der Waals surface area (Å²) in [6, 6.07) is 18.8. The van der Waals surface area contributed by atoms with Crippen molar-refractivity contribution < 1.29 is 46.5 Å². The van der Waals surface area contributed by atoms with Gasteiger partial charge >= 0.3 is 18.0 Å².